The van der Waals surface area contributed by atoms with E-state index in [9.17, 15) is 14.0 Å². The lowest BCUT2D eigenvalue weighted by Crippen LogP contribution is -2.45. The first-order valence-corrected chi connectivity index (χ1v) is 9.19. The Kier molecular flexibility index (Phi) is 7.41. The molecule has 1 aromatic carbocycles. The molecule has 1 fully saturated rings. The fourth-order valence-electron chi connectivity index (χ4n) is 2.99. The Balaban J connectivity index is 1.86. The summed E-state index contributed by atoms with van der Waals surface area (Å²) >= 11 is 0. The second-order valence-corrected chi connectivity index (χ2v) is 7.00. The summed E-state index contributed by atoms with van der Waals surface area (Å²) in [6, 6.07) is 4.08. The lowest BCUT2D eigenvalue weighted by Gasteiger charge is -2.37. The molecule has 7 nitrogen and oxygen atoms in total. The third kappa shape index (κ3) is 6.71. The summed E-state index contributed by atoms with van der Waals surface area (Å²) in [5.41, 5.74) is 0.826. The number of nitrogens with zero attached hydrogens (tertiary/aromatic N) is 1. The maximum absolute atomic E-state index is 14.5. The Hall–Kier alpha value is -2.35. The number of amides is 2. The van der Waals surface area contributed by atoms with E-state index < -0.39 is 11.8 Å². The molecule has 2 N–H and O–H groups in total. The fraction of sp³-hybridized carbons (Fsp3) is 0.579. The number of halogens is 1. The van der Waals surface area contributed by atoms with Crippen molar-refractivity contribution in [2.75, 3.05) is 29.9 Å². The Morgan fingerprint density at radius 2 is 1.96 bits per heavy atom. The van der Waals surface area contributed by atoms with Crippen LogP contribution in [0.25, 0.3) is 0 Å². The first-order chi connectivity index (χ1) is 12.7. The average Bonchev–Trinajstić information content (AvgIpc) is 2.53. The van der Waals surface area contributed by atoms with Crippen LogP contribution in [-0.4, -0.2) is 49.9 Å². The standard InChI is InChI=1S/C19H28FN3O4/c1-12(2)26-18(24)7-8-21-19(25)22-15-5-6-17(16(20)9-15)23-10-13(3)27-14(4)11-23/h5-6,9,12-14H,7-8,10-11H2,1-4H3,(H2,21,22,25). The number of morpholine rings is 1. The average molecular weight is 381 g/mol. The van der Waals surface area contributed by atoms with Crippen molar-refractivity contribution in [3.05, 3.63) is 24.0 Å². The molecular formula is C19H28FN3O4. The molecular weight excluding hydrogens is 353 g/mol. The van der Waals surface area contributed by atoms with Crippen molar-refractivity contribution in [3.8, 4) is 0 Å². The summed E-state index contributed by atoms with van der Waals surface area (Å²) in [5.74, 6) is -0.788. The second-order valence-electron chi connectivity index (χ2n) is 7.00. The van der Waals surface area contributed by atoms with Crippen molar-refractivity contribution in [3.63, 3.8) is 0 Å². The number of esters is 1. The molecule has 0 radical (unpaired) electrons. The number of rotatable bonds is 6. The topological polar surface area (TPSA) is 79.9 Å². The lowest BCUT2D eigenvalue weighted by molar-refractivity contribution is -0.147. The Labute approximate surface area is 159 Å². The number of carbonyl (C=O) groups excluding carboxylic acids is 2. The van der Waals surface area contributed by atoms with Crippen molar-refractivity contribution < 1.29 is 23.5 Å². The summed E-state index contributed by atoms with van der Waals surface area (Å²) in [4.78, 5) is 25.2. The van der Waals surface area contributed by atoms with Gasteiger partial charge in [0, 0.05) is 25.3 Å². The van der Waals surface area contributed by atoms with Crippen LogP contribution in [0, 0.1) is 5.82 Å². The van der Waals surface area contributed by atoms with E-state index in [2.05, 4.69) is 10.6 Å². The van der Waals surface area contributed by atoms with Gasteiger partial charge in [0.05, 0.1) is 30.4 Å². The van der Waals surface area contributed by atoms with Crippen LogP contribution in [0.15, 0.2) is 18.2 Å². The number of hydrogen-bond donors (Lipinski definition) is 2. The highest BCUT2D eigenvalue weighted by Crippen LogP contribution is 2.26. The van der Waals surface area contributed by atoms with E-state index >= 15 is 0 Å². The number of anilines is 2. The molecule has 0 spiro atoms. The normalized spacial score (nSPS) is 19.7. The Morgan fingerprint density at radius 1 is 1.30 bits per heavy atom. The molecule has 1 aromatic rings. The zero-order valence-corrected chi connectivity index (χ0v) is 16.3. The van der Waals surface area contributed by atoms with Crippen molar-refractivity contribution in [1.29, 1.82) is 0 Å². The highest BCUT2D eigenvalue weighted by molar-refractivity contribution is 5.89. The van der Waals surface area contributed by atoms with Gasteiger partial charge in [-0.1, -0.05) is 0 Å². The fourth-order valence-corrected chi connectivity index (χ4v) is 2.99. The zero-order valence-electron chi connectivity index (χ0n) is 16.3. The van der Waals surface area contributed by atoms with Crippen LogP contribution >= 0.6 is 0 Å². The first kappa shape index (κ1) is 21.0. The van der Waals surface area contributed by atoms with Crippen LogP contribution in [-0.2, 0) is 14.3 Å². The highest BCUT2D eigenvalue weighted by atomic mass is 19.1. The molecule has 1 heterocycles. The van der Waals surface area contributed by atoms with Gasteiger partial charge in [0.15, 0.2) is 0 Å². The van der Waals surface area contributed by atoms with Crippen molar-refractivity contribution in [2.24, 2.45) is 0 Å². The summed E-state index contributed by atoms with van der Waals surface area (Å²) in [5, 5.41) is 5.10. The Morgan fingerprint density at radius 3 is 2.56 bits per heavy atom. The van der Waals surface area contributed by atoms with Crippen LogP contribution in [0.2, 0.25) is 0 Å². The predicted molar refractivity (Wildman–Crippen MR) is 101 cm³/mol. The maximum Gasteiger partial charge on any atom is 0.319 e. The van der Waals surface area contributed by atoms with Gasteiger partial charge in [-0.05, 0) is 45.9 Å². The van der Waals surface area contributed by atoms with Gasteiger partial charge in [0.25, 0.3) is 0 Å². The van der Waals surface area contributed by atoms with E-state index in [1.54, 1.807) is 26.0 Å². The molecule has 1 aliphatic rings. The van der Waals surface area contributed by atoms with Crippen LogP contribution in [0.4, 0.5) is 20.6 Å². The molecule has 0 aliphatic carbocycles. The highest BCUT2D eigenvalue weighted by Gasteiger charge is 2.24. The molecule has 2 rings (SSSR count). The number of ether oxygens (including phenoxy) is 2. The molecule has 0 bridgehead atoms. The van der Waals surface area contributed by atoms with E-state index in [1.807, 2.05) is 18.7 Å². The van der Waals surface area contributed by atoms with Crippen LogP contribution in [0.3, 0.4) is 0 Å². The summed E-state index contributed by atoms with van der Waals surface area (Å²) in [6.45, 7) is 8.79. The summed E-state index contributed by atoms with van der Waals surface area (Å²) in [6.07, 6.45) is -0.0600. The van der Waals surface area contributed by atoms with Crippen LogP contribution in [0.5, 0.6) is 0 Å². The van der Waals surface area contributed by atoms with Gasteiger partial charge in [-0.3, -0.25) is 4.79 Å². The van der Waals surface area contributed by atoms with Gasteiger partial charge in [0.1, 0.15) is 5.82 Å². The van der Waals surface area contributed by atoms with Crippen molar-refractivity contribution in [2.45, 2.75) is 52.4 Å². The van der Waals surface area contributed by atoms with Crippen molar-refractivity contribution in [1.82, 2.24) is 5.32 Å². The molecule has 2 amide bonds. The number of nitrogens with one attached hydrogen (secondary N) is 2. The van der Waals surface area contributed by atoms with Gasteiger partial charge in [-0.2, -0.15) is 0 Å². The zero-order chi connectivity index (χ0) is 20.0. The van der Waals surface area contributed by atoms with Gasteiger partial charge in [0.2, 0.25) is 0 Å². The molecule has 1 aliphatic heterocycles. The third-order valence-corrected chi connectivity index (χ3v) is 3.95. The van der Waals surface area contributed by atoms with E-state index in [4.69, 9.17) is 9.47 Å². The molecule has 0 saturated carbocycles. The van der Waals surface area contributed by atoms with Crippen LogP contribution in [0.1, 0.15) is 34.1 Å². The van der Waals surface area contributed by atoms with E-state index in [1.165, 1.54) is 6.07 Å². The molecule has 27 heavy (non-hydrogen) atoms. The predicted octanol–water partition coefficient (Wildman–Crippen LogP) is 2.90. The van der Waals surface area contributed by atoms with Gasteiger partial charge >= 0.3 is 12.0 Å². The molecule has 1 saturated heterocycles. The number of hydrogen-bond acceptors (Lipinski definition) is 5. The number of urea groups is 1. The Bertz CT molecular complexity index is 658. The quantitative estimate of drug-likeness (QED) is 0.741. The monoisotopic (exact) mass is 381 g/mol. The van der Waals surface area contributed by atoms with Crippen molar-refractivity contribution >= 4 is 23.4 Å². The molecule has 150 valence electrons. The largest absolute Gasteiger partial charge is 0.463 e. The molecule has 8 heteroatoms. The smallest absolute Gasteiger partial charge is 0.319 e. The SMILES string of the molecule is CC(C)OC(=O)CCNC(=O)Nc1ccc(N2CC(C)OC(C)C2)c(F)c1. The van der Waals surface area contributed by atoms with Gasteiger partial charge < -0.3 is 25.0 Å². The summed E-state index contributed by atoms with van der Waals surface area (Å²) < 4.78 is 25.1. The molecule has 2 atom stereocenters. The minimum atomic E-state index is -0.506. The minimum Gasteiger partial charge on any atom is -0.463 e. The maximum atomic E-state index is 14.5. The number of carbonyl (C=O) groups is 2. The van der Waals surface area contributed by atoms with Crippen LogP contribution < -0.4 is 15.5 Å². The minimum absolute atomic E-state index is 0.0270. The summed E-state index contributed by atoms with van der Waals surface area (Å²) in [7, 11) is 0. The lowest BCUT2D eigenvalue weighted by atomic mass is 10.2. The van der Waals surface area contributed by atoms with E-state index in [0.29, 0.717) is 24.5 Å². The van der Waals surface area contributed by atoms with Gasteiger partial charge in [-0.15, -0.1) is 0 Å². The first-order valence-electron chi connectivity index (χ1n) is 9.19. The third-order valence-electron chi connectivity index (χ3n) is 3.95. The number of benzene rings is 1. The van der Waals surface area contributed by atoms with E-state index in [0.717, 1.165) is 0 Å². The molecule has 0 aromatic heterocycles. The van der Waals surface area contributed by atoms with Gasteiger partial charge in [-0.25, -0.2) is 9.18 Å². The molecule has 2 unspecified atom stereocenters. The van der Waals surface area contributed by atoms with E-state index in [-0.39, 0.29) is 37.2 Å². The second kappa shape index (κ2) is 9.55.